The molecule has 1 N–H and O–H groups in total. The SMILES string of the molecule is CN1CCN(NC(=O)Cc2ccc(Cl)cc2Cl)CC1. The molecule has 104 valence electrons. The van der Waals surface area contributed by atoms with E-state index in [2.05, 4.69) is 17.4 Å². The van der Waals surface area contributed by atoms with E-state index in [0.29, 0.717) is 10.0 Å². The molecule has 19 heavy (non-hydrogen) atoms. The van der Waals surface area contributed by atoms with E-state index in [1.54, 1.807) is 18.2 Å². The Morgan fingerprint density at radius 1 is 1.26 bits per heavy atom. The van der Waals surface area contributed by atoms with Crippen LogP contribution in [-0.4, -0.2) is 49.0 Å². The third kappa shape index (κ3) is 4.35. The lowest BCUT2D eigenvalue weighted by Crippen LogP contribution is -2.52. The Balaban J connectivity index is 1.87. The van der Waals surface area contributed by atoms with Crippen LogP contribution in [0.4, 0.5) is 0 Å². The number of amides is 1. The molecule has 1 amide bonds. The first-order valence-electron chi connectivity index (χ1n) is 6.21. The zero-order valence-corrected chi connectivity index (χ0v) is 12.3. The predicted octanol–water partition coefficient (Wildman–Crippen LogP) is 1.81. The third-order valence-electron chi connectivity index (χ3n) is 3.15. The Hall–Kier alpha value is -0.810. The van der Waals surface area contributed by atoms with Gasteiger partial charge in [0.2, 0.25) is 5.91 Å². The summed E-state index contributed by atoms with van der Waals surface area (Å²) in [5, 5.41) is 3.06. The van der Waals surface area contributed by atoms with Gasteiger partial charge in [0.1, 0.15) is 0 Å². The van der Waals surface area contributed by atoms with Crippen LogP contribution in [0, 0.1) is 0 Å². The molecule has 1 saturated heterocycles. The maximum Gasteiger partial charge on any atom is 0.238 e. The van der Waals surface area contributed by atoms with Gasteiger partial charge in [-0.15, -0.1) is 0 Å². The quantitative estimate of drug-likeness (QED) is 0.925. The van der Waals surface area contributed by atoms with Gasteiger partial charge in [-0.1, -0.05) is 29.3 Å². The van der Waals surface area contributed by atoms with Crippen LogP contribution in [0.1, 0.15) is 5.56 Å². The standard InChI is InChI=1S/C13H17Cl2N3O/c1-17-4-6-18(7-5-17)16-13(19)8-10-2-3-11(14)9-12(10)15/h2-3,9H,4-8H2,1H3,(H,16,19). The molecule has 0 saturated carbocycles. The summed E-state index contributed by atoms with van der Waals surface area (Å²) < 4.78 is 0. The Labute approximate surface area is 123 Å². The number of rotatable bonds is 3. The first kappa shape index (κ1) is 14.6. The number of carbonyl (C=O) groups is 1. The minimum atomic E-state index is -0.0474. The first-order valence-corrected chi connectivity index (χ1v) is 6.97. The van der Waals surface area contributed by atoms with Crippen molar-refractivity contribution in [1.29, 1.82) is 0 Å². The average molecular weight is 302 g/mol. The monoisotopic (exact) mass is 301 g/mol. The molecule has 1 aromatic rings. The zero-order valence-electron chi connectivity index (χ0n) is 10.8. The second kappa shape index (κ2) is 6.57. The zero-order chi connectivity index (χ0) is 13.8. The van der Waals surface area contributed by atoms with Crippen LogP contribution in [0.3, 0.4) is 0 Å². The summed E-state index contributed by atoms with van der Waals surface area (Å²) >= 11 is 11.9. The summed E-state index contributed by atoms with van der Waals surface area (Å²) in [5.41, 5.74) is 3.70. The highest BCUT2D eigenvalue weighted by Gasteiger charge is 2.16. The fourth-order valence-electron chi connectivity index (χ4n) is 1.97. The van der Waals surface area contributed by atoms with Gasteiger partial charge >= 0.3 is 0 Å². The molecular weight excluding hydrogens is 285 g/mol. The number of halogens is 2. The number of piperazine rings is 1. The average Bonchev–Trinajstić information content (AvgIpc) is 2.36. The van der Waals surface area contributed by atoms with Crippen LogP contribution < -0.4 is 5.43 Å². The number of nitrogens with one attached hydrogen (secondary N) is 1. The van der Waals surface area contributed by atoms with E-state index in [9.17, 15) is 4.79 Å². The molecule has 4 nitrogen and oxygen atoms in total. The molecule has 1 aromatic carbocycles. The molecule has 0 radical (unpaired) electrons. The summed E-state index contributed by atoms with van der Waals surface area (Å²) in [5.74, 6) is -0.0474. The van der Waals surface area contributed by atoms with Crippen LogP contribution >= 0.6 is 23.2 Å². The van der Waals surface area contributed by atoms with E-state index >= 15 is 0 Å². The summed E-state index contributed by atoms with van der Waals surface area (Å²) in [7, 11) is 2.08. The molecule has 1 aliphatic heterocycles. The van der Waals surface area contributed by atoms with Crippen LogP contribution in [0.2, 0.25) is 10.0 Å². The molecule has 1 heterocycles. The van der Waals surface area contributed by atoms with Gasteiger partial charge in [0.05, 0.1) is 6.42 Å². The van der Waals surface area contributed by atoms with Gasteiger partial charge in [0, 0.05) is 36.2 Å². The van der Waals surface area contributed by atoms with E-state index in [0.717, 1.165) is 31.7 Å². The molecule has 1 fully saturated rings. The van der Waals surface area contributed by atoms with Crippen molar-refractivity contribution in [3.63, 3.8) is 0 Å². The van der Waals surface area contributed by atoms with Crippen molar-refractivity contribution in [2.24, 2.45) is 0 Å². The number of likely N-dealkylation sites (N-methyl/N-ethyl adjacent to an activating group) is 1. The van der Waals surface area contributed by atoms with Gasteiger partial charge in [0.25, 0.3) is 0 Å². The predicted molar refractivity (Wildman–Crippen MR) is 77.4 cm³/mol. The first-order chi connectivity index (χ1) is 9.04. The highest BCUT2D eigenvalue weighted by Crippen LogP contribution is 2.21. The van der Waals surface area contributed by atoms with Crippen molar-refractivity contribution >= 4 is 29.1 Å². The van der Waals surface area contributed by atoms with Crippen molar-refractivity contribution in [3.8, 4) is 0 Å². The molecule has 2 rings (SSSR count). The second-order valence-electron chi connectivity index (χ2n) is 4.74. The highest BCUT2D eigenvalue weighted by atomic mass is 35.5. The molecule has 0 aliphatic carbocycles. The number of benzene rings is 1. The van der Waals surface area contributed by atoms with E-state index in [1.165, 1.54) is 0 Å². The van der Waals surface area contributed by atoms with E-state index in [1.807, 2.05) is 5.01 Å². The third-order valence-corrected chi connectivity index (χ3v) is 3.74. The molecule has 0 atom stereocenters. The highest BCUT2D eigenvalue weighted by molar-refractivity contribution is 6.35. The van der Waals surface area contributed by atoms with Gasteiger partial charge in [-0.3, -0.25) is 10.2 Å². The van der Waals surface area contributed by atoms with Gasteiger partial charge < -0.3 is 4.90 Å². The number of nitrogens with zero attached hydrogens (tertiary/aromatic N) is 2. The molecule has 0 bridgehead atoms. The number of hydrazine groups is 1. The van der Waals surface area contributed by atoms with Gasteiger partial charge in [-0.25, -0.2) is 5.01 Å². The maximum absolute atomic E-state index is 11.9. The van der Waals surface area contributed by atoms with Crippen molar-refractivity contribution in [2.75, 3.05) is 33.2 Å². The van der Waals surface area contributed by atoms with Gasteiger partial charge in [-0.2, -0.15) is 0 Å². The van der Waals surface area contributed by atoms with E-state index < -0.39 is 0 Å². The molecule has 0 unspecified atom stereocenters. The smallest absolute Gasteiger partial charge is 0.238 e. The van der Waals surface area contributed by atoms with Crippen LogP contribution in [0.5, 0.6) is 0 Å². The second-order valence-corrected chi connectivity index (χ2v) is 5.58. The Morgan fingerprint density at radius 2 is 1.95 bits per heavy atom. The summed E-state index contributed by atoms with van der Waals surface area (Å²) in [6.45, 7) is 3.61. The minimum Gasteiger partial charge on any atom is -0.304 e. The topological polar surface area (TPSA) is 35.6 Å². The number of hydrogen-bond acceptors (Lipinski definition) is 3. The van der Waals surface area contributed by atoms with Crippen LogP contribution in [0.15, 0.2) is 18.2 Å². The lowest BCUT2D eigenvalue weighted by atomic mass is 10.1. The largest absolute Gasteiger partial charge is 0.304 e. The fourth-order valence-corrected chi connectivity index (χ4v) is 2.45. The minimum absolute atomic E-state index is 0.0474. The summed E-state index contributed by atoms with van der Waals surface area (Å²) in [6, 6.07) is 5.18. The Kier molecular flexibility index (Phi) is 5.05. The van der Waals surface area contributed by atoms with Crippen molar-refractivity contribution in [1.82, 2.24) is 15.3 Å². The van der Waals surface area contributed by atoms with E-state index in [-0.39, 0.29) is 12.3 Å². The lowest BCUT2D eigenvalue weighted by molar-refractivity contribution is -0.126. The normalized spacial score (nSPS) is 17.4. The molecule has 0 spiro atoms. The summed E-state index contributed by atoms with van der Waals surface area (Å²) in [4.78, 5) is 14.2. The molecule has 6 heteroatoms. The van der Waals surface area contributed by atoms with Crippen LogP contribution in [0.25, 0.3) is 0 Å². The maximum atomic E-state index is 11.9. The molecule has 1 aliphatic rings. The van der Waals surface area contributed by atoms with Crippen molar-refractivity contribution < 1.29 is 4.79 Å². The molecular formula is C13H17Cl2N3O. The van der Waals surface area contributed by atoms with Crippen molar-refractivity contribution in [2.45, 2.75) is 6.42 Å². The lowest BCUT2D eigenvalue weighted by Gasteiger charge is -2.32. The van der Waals surface area contributed by atoms with Crippen molar-refractivity contribution in [3.05, 3.63) is 33.8 Å². The Morgan fingerprint density at radius 3 is 2.58 bits per heavy atom. The number of hydrogen-bond donors (Lipinski definition) is 1. The van der Waals surface area contributed by atoms with Gasteiger partial charge in [0.15, 0.2) is 0 Å². The Bertz CT molecular complexity index is 459. The van der Waals surface area contributed by atoms with Crippen LogP contribution in [-0.2, 0) is 11.2 Å². The summed E-state index contributed by atoms with van der Waals surface area (Å²) in [6.07, 6.45) is 0.266. The number of carbonyl (C=O) groups excluding carboxylic acids is 1. The molecule has 0 aromatic heterocycles. The fraction of sp³-hybridized carbons (Fsp3) is 0.462. The van der Waals surface area contributed by atoms with Gasteiger partial charge in [-0.05, 0) is 24.7 Å². The van der Waals surface area contributed by atoms with E-state index in [4.69, 9.17) is 23.2 Å².